The van der Waals surface area contributed by atoms with Gasteiger partial charge in [-0.1, -0.05) is 45.1 Å². The minimum atomic E-state index is -0.848. The molecule has 0 unspecified atom stereocenters. The second-order valence-corrected chi connectivity index (χ2v) is 12.7. The normalized spacial score (nSPS) is 31.2. The van der Waals surface area contributed by atoms with Gasteiger partial charge in [0.25, 0.3) is 0 Å². The molecule has 11 nitrogen and oxygen atoms in total. The molecule has 0 bridgehead atoms. The van der Waals surface area contributed by atoms with Crippen LogP contribution in [0.1, 0.15) is 59.8 Å². The molecule has 11 heteroatoms. The summed E-state index contributed by atoms with van der Waals surface area (Å²) in [5.41, 5.74) is 0.810. The van der Waals surface area contributed by atoms with Gasteiger partial charge in [0, 0.05) is 44.6 Å². The Morgan fingerprint density at radius 3 is 2.52 bits per heavy atom. The molecule has 0 aromatic carbocycles. The summed E-state index contributed by atoms with van der Waals surface area (Å²) in [7, 11) is 2.03. The molecular formula is C33H53N3O8. The molecule has 3 aliphatic rings. The first kappa shape index (κ1) is 35.6. The highest BCUT2D eigenvalue weighted by Gasteiger charge is 2.30. The second-order valence-electron chi connectivity index (χ2n) is 12.7. The van der Waals surface area contributed by atoms with Crippen LogP contribution in [0.15, 0.2) is 36.0 Å². The van der Waals surface area contributed by atoms with Crippen LogP contribution in [-0.2, 0) is 19.0 Å². The van der Waals surface area contributed by atoms with Crippen LogP contribution in [0.4, 0.5) is 9.59 Å². The molecule has 248 valence electrons. The number of piperazine rings is 1. The Balaban J connectivity index is 1.66. The van der Waals surface area contributed by atoms with Gasteiger partial charge >= 0.3 is 18.2 Å². The first-order valence-electron chi connectivity index (χ1n) is 16.1. The number of carbonyl (C=O) groups is 3. The molecule has 3 heterocycles. The van der Waals surface area contributed by atoms with Crippen molar-refractivity contribution in [3.63, 3.8) is 0 Å². The number of amides is 2. The van der Waals surface area contributed by atoms with Crippen LogP contribution >= 0.6 is 0 Å². The molecule has 0 aromatic rings. The number of carbonyl (C=O) groups excluding carboxylic acids is 3. The Kier molecular flexibility index (Phi) is 14.2. The average Bonchev–Trinajstić information content (AvgIpc) is 3.48. The Hall–Kier alpha value is -2.89. The number of cyclic esters (lactones) is 1. The predicted molar refractivity (Wildman–Crippen MR) is 167 cm³/mol. The maximum atomic E-state index is 13.0. The first-order valence-corrected chi connectivity index (χ1v) is 16.1. The number of allylic oxidation sites excluding steroid dienone is 2. The predicted octanol–water partition coefficient (Wildman–Crippen LogP) is 3.76. The molecule has 2 saturated heterocycles. The van der Waals surface area contributed by atoms with E-state index in [-0.39, 0.29) is 49.5 Å². The molecular weight excluding hydrogens is 566 g/mol. The van der Waals surface area contributed by atoms with Crippen molar-refractivity contribution in [1.82, 2.24) is 14.7 Å². The number of likely N-dealkylation sites (N-methyl/N-ethyl adjacent to an activating group) is 1. The van der Waals surface area contributed by atoms with Crippen molar-refractivity contribution >= 4 is 18.2 Å². The van der Waals surface area contributed by atoms with Gasteiger partial charge in [0.2, 0.25) is 0 Å². The smallest absolute Gasteiger partial charge is 0.410 e. The van der Waals surface area contributed by atoms with Crippen molar-refractivity contribution in [2.24, 2.45) is 17.8 Å². The van der Waals surface area contributed by atoms with Crippen molar-refractivity contribution in [3.8, 4) is 0 Å². The van der Waals surface area contributed by atoms with E-state index in [1.54, 1.807) is 9.80 Å². The number of hydrogen-bond donors (Lipinski definition) is 2. The monoisotopic (exact) mass is 619 g/mol. The minimum Gasteiger partial charge on any atom is -0.457 e. The van der Waals surface area contributed by atoms with E-state index in [1.165, 1.54) is 0 Å². The zero-order valence-corrected chi connectivity index (χ0v) is 27.1. The maximum Gasteiger partial charge on any atom is 0.410 e. The molecule has 0 saturated carbocycles. The molecule has 3 aliphatic heterocycles. The SMILES string of the molecule is C/C(=C\C=C\[C@@H](C)COC(=O)N1CCC[C@@H]1CO)[C@H]1OC(=O)C[C@@H](O)CC[C@@H](C)[C@@H](OC(=O)N2CCN(C)CC2)/C=C\[C@@H]1C. The summed E-state index contributed by atoms with van der Waals surface area (Å²) >= 11 is 0. The summed E-state index contributed by atoms with van der Waals surface area (Å²) < 4.78 is 17.3. The van der Waals surface area contributed by atoms with Crippen molar-refractivity contribution in [2.75, 3.05) is 53.0 Å². The molecule has 44 heavy (non-hydrogen) atoms. The van der Waals surface area contributed by atoms with Crippen LogP contribution in [0.5, 0.6) is 0 Å². The Labute approximate surface area is 262 Å². The van der Waals surface area contributed by atoms with Crippen LogP contribution in [0, 0.1) is 17.8 Å². The van der Waals surface area contributed by atoms with Gasteiger partial charge in [-0.15, -0.1) is 0 Å². The van der Waals surface area contributed by atoms with Crippen molar-refractivity contribution < 1.29 is 38.8 Å². The Bertz CT molecular complexity index is 1040. The van der Waals surface area contributed by atoms with Gasteiger partial charge in [-0.25, -0.2) is 9.59 Å². The number of hydrogen-bond acceptors (Lipinski definition) is 9. The van der Waals surface area contributed by atoms with Gasteiger partial charge in [0.05, 0.1) is 31.8 Å². The largest absolute Gasteiger partial charge is 0.457 e. The fourth-order valence-electron chi connectivity index (χ4n) is 5.73. The Morgan fingerprint density at radius 1 is 1.09 bits per heavy atom. The molecule has 2 N–H and O–H groups in total. The summed E-state index contributed by atoms with van der Waals surface area (Å²) in [4.78, 5) is 43.6. The lowest BCUT2D eigenvalue weighted by Gasteiger charge is -2.33. The number of likely N-dealkylation sites (tertiary alicyclic amines) is 1. The Morgan fingerprint density at radius 2 is 1.82 bits per heavy atom. The van der Waals surface area contributed by atoms with Gasteiger partial charge < -0.3 is 39.1 Å². The highest BCUT2D eigenvalue weighted by atomic mass is 16.6. The number of aliphatic hydroxyl groups excluding tert-OH is 2. The van der Waals surface area contributed by atoms with E-state index in [2.05, 4.69) is 4.90 Å². The number of ether oxygens (including phenoxy) is 3. The van der Waals surface area contributed by atoms with E-state index >= 15 is 0 Å². The third-order valence-electron chi connectivity index (χ3n) is 8.80. The molecule has 0 radical (unpaired) electrons. The van der Waals surface area contributed by atoms with Gasteiger partial charge in [-0.2, -0.15) is 0 Å². The third-order valence-corrected chi connectivity index (χ3v) is 8.80. The summed E-state index contributed by atoms with van der Waals surface area (Å²) in [6, 6.07) is -0.174. The topological polar surface area (TPSA) is 129 Å². The van der Waals surface area contributed by atoms with Gasteiger partial charge in [0.15, 0.2) is 0 Å². The molecule has 2 amide bonds. The lowest BCUT2D eigenvalue weighted by Crippen LogP contribution is -2.48. The average molecular weight is 620 g/mol. The second kappa shape index (κ2) is 17.6. The summed E-state index contributed by atoms with van der Waals surface area (Å²) in [6.45, 7) is 11.3. The standard InChI is InChI=1S/C33H53N3O8/c1-23(22-42-33(41)36-15-7-10-27(36)21-37)8-6-9-25(3)31-26(4)12-14-29(24(2)11-13-28(38)20-30(39)44-31)43-32(40)35-18-16-34(5)17-19-35/h6,8-9,12,14,23-24,26-29,31,37-38H,7,10-11,13,15-22H2,1-5H3/b8-6+,14-12-,25-9+/t23-,24-,26+,27-,28+,29+,31-/m1/s1. The van der Waals surface area contributed by atoms with Crippen LogP contribution < -0.4 is 0 Å². The van der Waals surface area contributed by atoms with Crippen molar-refractivity contribution in [3.05, 3.63) is 36.0 Å². The quantitative estimate of drug-likeness (QED) is 0.189. The fourth-order valence-corrected chi connectivity index (χ4v) is 5.73. The van der Waals surface area contributed by atoms with Crippen LogP contribution in [0.3, 0.4) is 0 Å². The van der Waals surface area contributed by atoms with Crippen molar-refractivity contribution in [1.29, 1.82) is 0 Å². The molecule has 0 aromatic heterocycles. The molecule has 2 fully saturated rings. The van der Waals surface area contributed by atoms with Crippen LogP contribution in [0.25, 0.3) is 0 Å². The van der Waals surface area contributed by atoms with E-state index in [9.17, 15) is 24.6 Å². The number of esters is 1. The summed E-state index contributed by atoms with van der Waals surface area (Å²) in [5.74, 6) is -0.792. The summed E-state index contributed by atoms with van der Waals surface area (Å²) in [6.07, 6.45) is 9.35. The third kappa shape index (κ3) is 10.9. The zero-order valence-electron chi connectivity index (χ0n) is 27.1. The molecule has 0 spiro atoms. The zero-order chi connectivity index (χ0) is 32.2. The molecule has 7 atom stereocenters. The lowest BCUT2D eigenvalue weighted by atomic mass is 9.92. The van der Waals surface area contributed by atoms with Crippen LogP contribution in [0.2, 0.25) is 0 Å². The van der Waals surface area contributed by atoms with E-state index < -0.39 is 30.4 Å². The molecule has 3 rings (SSSR count). The summed E-state index contributed by atoms with van der Waals surface area (Å²) in [5, 5.41) is 20.0. The fraction of sp³-hybridized carbons (Fsp3) is 0.727. The van der Waals surface area contributed by atoms with Gasteiger partial charge in [-0.05, 0) is 57.2 Å². The number of nitrogens with zero attached hydrogens (tertiary/aromatic N) is 3. The van der Waals surface area contributed by atoms with E-state index in [0.717, 1.165) is 31.5 Å². The maximum absolute atomic E-state index is 13.0. The number of aliphatic hydroxyl groups is 2. The highest BCUT2D eigenvalue weighted by molar-refractivity contribution is 5.70. The van der Waals surface area contributed by atoms with E-state index in [1.807, 2.05) is 65.1 Å². The highest BCUT2D eigenvalue weighted by Crippen LogP contribution is 2.25. The van der Waals surface area contributed by atoms with Gasteiger partial charge in [0.1, 0.15) is 12.2 Å². The molecule has 0 aliphatic carbocycles. The first-order chi connectivity index (χ1) is 21.0. The van der Waals surface area contributed by atoms with Gasteiger partial charge in [-0.3, -0.25) is 4.79 Å². The number of rotatable bonds is 7. The minimum absolute atomic E-state index is 0.0476. The van der Waals surface area contributed by atoms with E-state index in [0.29, 0.717) is 32.5 Å². The van der Waals surface area contributed by atoms with E-state index in [4.69, 9.17) is 14.2 Å². The lowest BCUT2D eigenvalue weighted by molar-refractivity contribution is -0.151. The van der Waals surface area contributed by atoms with Crippen molar-refractivity contribution in [2.45, 2.75) is 84.2 Å². The van der Waals surface area contributed by atoms with Crippen LogP contribution in [-0.4, -0.2) is 120 Å².